The number of aromatic nitrogens is 2. The number of nitrogens with zero attached hydrogens (tertiary/aromatic N) is 4. The van der Waals surface area contributed by atoms with Crippen LogP contribution in [0.3, 0.4) is 0 Å². The third-order valence-electron chi connectivity index (χ3n) is 6.20. The van der Waals surface area contributed by atoms with Gasteiger partial charge in [-0.05, 0) is 51.8 Å². The first kappa shape index (κ1) is 24.9. The Morgan fingerprint density at radius 3 is 2.43 bits per heavy atom. The van der Waals surface area contributed by atoms with Gasteiger partial charge in [0.1, 0.15) is 17.4 Å². The Hall–Kier alpha value is -3.23. The second-order valence-electron chi connectivity index (χ2n) is 10.5. The quantitative estimate of drug-likeness (QED) is 0.357. The van der Waals surface area contributed by atoms with Crippen LogP contribution in [0, 0.1) is 5.41 Å². The minimum Gasteiger partial charge on any atom is -0.497 e. The van der Waals surface area contributed by atoms with Gasteiger partial charge in [-0.3, -0.25) is 4.79 Å². The number of hydrogen-bond donors (Lipinski definition) is 2. The number of carbonyl (C=O) groups is 1. The minimum absolute atomic E-state index is 0.0198. The van der Waals surface area contributed by atoms with Crippen molar-refractivity contribution in [3.63, 3.8) is 0 Å². The largest absolute Gasteiger partial charge is 0.497 e. The zero-order valence-electron chi connectivity index (χ0n) is 21.8. The van der Waals surface area contributed by atoms with E-state index in [0.717, 1.165) is 53.2 Å². The molecule has 1 aromatic carbocycles. The third-order valence-corrected chi connectivity index (χ3v) is 6.20. The molecule has 3 aromatic rings. The number of hydrogen-bond acceptors (Lipinski definition) is 8. The Bertz CT molecular complexity index is 1250. The van der Waals surface area contributed by atoms with Gasteiger partial charge in [0.15, 0.2) is 5.78 Å². The van der Waals surface area contributed by atoms with Crippen LogP contribution < -0.4 is 15.4 Å². The van der Waals surface area contributed by atoms with Gasteiger partial charge in [-0.2, -0.15) is 0 Å². The number of pyridine rings is 2. The standard InChI is InChI=1S/C27H36N6O2/c1-27(2,16-33(5)6)15-30-25-22-19(10-11-28-25)24(34)23-21(22)18-9-8-17(35-7)14-20(18)31-26(23)29-12-13-32(3)4/h8-11,14H,12-13,15-16H2,1-7H3,(H,28,30)(H,29,31). The molecule has 1 aliphatic carbocycles. The summed E-state index contributed by atoms with van der Waals surface area (Å²) in [6.07, 6.45) is 1.71. The molecule has 2 heterocycles. The van der Waals surface area contributed by atoms with Gasteiger partial charge in [0.25, 0.3) is 0 Å². The summed E-state index contributed by atoms with van der Waals surface area (Å²) in [4.78, 5) is 27.5. The first-order valence-corrected chi connectivity index (χ1v) is 11.9. The van der Waals surface area contributed by atoms with Crippen molar-refractivity contribution in [3.05, 3.63) is 41.6 Å². The number of anilines is 2. The fourth-order valence-electron chi connectivity index (χ4n) is 4.79. The molecule has 0 unspecified atom stereocenters. The van der Waals surface area contributed by atoms with Crippen LogP contribution in [0.2, 0.25) is 0 Å². The van der Waals surface area contributed by atoms with E-state index in [4.69, 9.17) is 9.72 Å². The van der Waals surface area contributed by atoms with E-state index in [1.54, 1.807) is 13.3 Å². The van der Waals surface area contributed by atoms with Crippen LogP contribution in [0.5, 0.6) is 5.75 Å². The molecule has 0 aliphatic heterocycles. The Morgan fingerprint density at radius 2 is 1.74 bits per heavy atom. The second kappa shape index (κ2) is 9.79. The zero-order valence-corrected chi connectivity index (χ0v) is 21.8. The summed E-state index contributed by atoms with van der Waals surface area (Å²) in [6.45, 7) is 7.60. The maximum Gasteiger partial charge on any atom is 0.198 e. The SMILES string of the molecule is COc1ccc2c3c(c(NCCN(C)C)nc2c1)C(=O)c1ccnc(NCC(C)(C)CN(C)C)c1-3. The van der Waals surface area contributed by atoms with Gasteiger partial charge in [-0.1, -0.05) is 13.8 Å². The van der Waals surface area contributed by atoms with E-state index in [0.29, 0.717) is 23.5 Å². The van der Waals surface area contributed by atoms with Crippen LogP contribution in [0.15, 0.2) is 30.5 Å². The molecule has 0 radical (unpaired) electrons. The van der Waals surface area contributed by atoms with Crippen molar-refractivity contribution in [1.82, 2.24) is 19.8 Å². The van der Waals surface area contributed by atoms with Crippen molar-refractivity contribution in [2.45, 2.75) is 13.8 Å². The third kappa shape index (κ3) is 5.09. The van der Waals surface area contributed by atoms with Gasteiger partial charge in [0.05, 0.1) is 18.2 Å². The van der Waals surface area contributed by atoms with Crippen LogP contribution in [0.4, 0.5) is 11.6 Å². The predicted molar refractivity (Wildman–Crippen MR) is 143 cm³/mol. The molecular weight excluding hydrogens is 440 g/mol. The lowest BCUT2D eigenvalue weighted by Crippen LogP contribution is -2.34. The summed E-state index contributed by atoms with van der Waals surface area (Å²) < 4.78 is 5.45. The summed E-state index contributed by atoms with van der Waals surface area (Å²) in [5.41, 5.74) is 3.79. The van der Waals surface area contributed by atoms with E-state index >= 15 is 0 Å². The number of nitrogens with one attached hydrogen (secondary N) is 2. The normalized spacial score (nSPS) is 12.9. The number of carbonyl (C=O) groups excluding carboxylic acids is 1. The topological polar surface area (TPSA) is 82.6 Å². The lowest BCUT2D eigenvalue weighted by atomic mass is 9.92. The summed E-state index contributed by atoms with van der Waals surface area (Å²) in [5, 5.41) is 7.87. The highest BCUT2D eigenvalue weighted by molar-refractivity contribution is 6.29. The molecule has 0 bridgehead atoms. The van der Waals surface area contributed by atoms with Gasteiger partial charge in [0, 0.05) is 60.5 Å². The summed E-state index contributed by atoms with van der Waals surface area (Å²) in [5.74, 6) is 2.03. The highest BCUT2D eigenvalue weighted by Crippen LogP contribution is 2.47. The molecule has 0 atom stereocenters. The van der Waals surface area contributed by atoms with E-state index in [-0.39, 0.29) is 11.2 Å². The highest BCUT2D eigenvalue weighted by Gasteiger charge is 2.35. The van der Waals surface area contributed by atoms with Crippen LogP contribution in [-0.2, 0) is 0 Å². The molecule has 0 saturated carbocycles. The van der Waals surface area contributed by atoms with Crippen LogP contribution in [0.25, 0.3) is 22.0 Å². The molecule has 2 aromatic heterocycles. The lowest BCUT2D eigenvalue weighted by Gasteiger charge is -2.29. The fraction of sp³-hybridized carbons (Fsp3) is 0.444. The molecule has 0 amide bonds. The summed E-state index contributed by atoms with van der Waals surface area (Å²) in [6, 6.07) is 7.62. The summed E-state index contributed by atoms with van der Waals surface area (Å²) >= 11 is 0. The van der Waals surface area contributed by atoms with E-state index in [9.17, 15) is 4.79 Å². The number of fused-ring (bicyclic) bond motifs is 5. The van der Waals surface area contributed by atoms with Crippen LogP contribution >= 0.6 is 0 Å². The number of methoxy groups -OCH3 is 1. The Balaban J connectivity index is 1.84. The molecular formula is C27H36N6O2. The lowest BCUT2D eigenvalue weighted by molar-refractivity contribution is 0.104. The van der Waals surface area contributed by atoms with Crippen molar-refractivity contribution in [2.75, 3.05) is 72.1 Å². The molecule has 0 spiro atoms. The molecule has 0 fully saturated rings. The first-order chi connectivity index (χ1) is 16.6. The molecule has 1 aliphatic rings. The first-order valence-electron chi connectivity index (χ1n) is 11.9. The van der Waals surface area contributed by atoms with Gasteiger partial charge in [-0.25, -0.2) is 9.97 Å². The number of likely N-dealkylation sites (N-methyl/N-ethyl adjacent to an activating group) is 1. The number of ketones is 1. The monoisotopic (exact) mass is 476 g/mol. The molecule has 8 heteroatoms. The Labute approximate surface area is 207 Å². The van der Waals surface area contributed by atoms with Crippen molar-refractivity contribution >= 4 is 28.3 Å². The van der Waals surface area contributed by atoms with E-state index < -0.39 is 0 Å². The number of rotatable bonds is 10. The maximum absolute atomic E-state index is 13.7. The number of ether oxygens (including phenoxy) is 1. The van der Waals surface area contributed by atoms with Crippen LogP contribution in [0.1, 0.15) is 29.8 Å². The Kier molecular flexibility index (Phi) is 6.96. The maximum atomic E-state index is 13.7. The van der Waals surface area contributed by atoms with Crippen molar-refractivity contribution in [2.24, 2.45) is 5.41 Å². The molecule has 2 N–H and O–H groups in total. The fourth-order valence-corrected chi connectivity index (χ4v) is 4.79. The van der Waals surface area contributed by atoms with Gasteiger partial charge in [0.2, 0.25) is 0 Å². The average molecular weight is 477 g/mol. The average Bonchev–Trinajstić information content (AvgIpc) is 3.10. The van der Waals surface area contributed by atoms with E-state index in [1.165, 1.54) is 0 Å². The van der Waals surface area contributed by atoms with Crippen molar-refractivity contribution < 1.29 is 9.53 Å². The van der Waals surface area contributed by atoms with Crippen molar-refractivity contribution in [3.8, 4) is 16.9 Å². The van der Waals surface area contributed by atoms with Gasteiger partial charge >= 0.3 is 0 Å². The predicted octanol–water partition coefficient (Wildman–Crippen LogP) is 3.82. The van der Waals surface area contributed by atoms with Crippen LogP contribution in [-0.4, -0.2) is 87.0 Å². The van der Waals surface area contributed by atoms with Gasteiger partial charge in [-0.15, -0.1) is 0 Å². The molecule has 0 saturated heterocycles. The van der Waals surface area contributed by atoms with E-state index in [2.05, 4.69) is 53.4 Å². The molecule has 4 rings (SSSR count). The van der Waals surface area contributed by atoms with Crippen molar-refractivity contribution in [1.29, 1.82) is 0 Å². The van der Waals surface area contributed by atoms with Gasteiger partial charge < -0.3 is 25.2 Å². The minimum atomic E-state index is -0.0226. The highest BCUT2D eigenvalue weighted by atomic mass is 16.5. The Morgan fingerprint density at radius 1 is 0.971 bits per heavy atom. The zero-order chi connectivity index (χ0) is 25.3. The molecule has 35 heavy (non-hydrogen) atoms. The summed E-state index contributed by atoms with van der Waals surface area (Å²) in [7, 11) is 9.84. The molecule has 8 nitrogen and oxygen atoms in total. The van der Waals surface area contributed by atoms with E-state index in [1.807, 2.05) is 38.4 Å². The molecule has 186 valence electrons. The number of benzene rings is 1. The smallest absolute Gasteiger partial charge is 0.198 e. The second-order valence-corrected chi connectivity index (χ2v) is 10.5.